The van der Waals surface area contributed by atoms with Crippen molar-refractivity contribution in [3.8, 4) is 0 Å². The van der Waals surface area contributed by atoms with Gasteiger partial charge in [0.1, 0.15) is 0 Å². The van der Waals surface area contributed by atoms with E-state index in [1.54, 1.807) is 22.0 Å². The normalized spacial score (nSPS) is 26.9. The topological polar surface area (TPSA) is 40.6 Å². The molecule has 0 amide bonds. The van der Waals surface area contributed by atoms with Crippen LogP contribution in [0.3, 0.4) is 0 Å². The van der Waals surface area contributed by atoms with Gasteiger partial charge in [-0.05, 0) is 79.8 Å². The van der Waals surface area contributed by atoms with Crippen molar-refractivity contribution in [3.63, 3.8) is 0 Å². The van der Waals surface area contributed by atoms with E-state index in [9.17, 15) is 8.42 Å². The third-order valence-electron chi connectivity index (χ3n) is 8.96. The van der Waals surface area contributed by atoms with Crippen LogP contribution in [0.25, 0.3) is 0 Å². The van der Waals surface area contributed by atoms with Gasteiger partial charge in [-0.15, -0.1) is 0 Å². The second kappa shape index (κ2) is 9.77. The molecule has 0 unspecified atom stereocenters. The lowest BCUT2D eigenvalue weighted by atomic mass is 9.75. The molecule has 5 heteroatoms. The van der Waals surface area contributed by atoms with E-state index < -0.39 is 10.0 Å². The van der Waals surface area contributed by atoms with E-state index in [0.717, 1.165) is 32.4 Å². The minimum absolute atomic E-state index is 0.150. The predicted octanol–water partition coefficient (Wildman–Crippen LogP) is 5.29. The van der Waals surface area contributed by atoms with Gasteiger partial charge in [-0.3, -0.25) is 4.90 Å². The maximum absolute atomic E-state index is 13.5. The zero-order valence-electron chi connectivity index (χ0n) is 20.9. The van der Waals surface area contributed by atoms with Gasteiger partial charge in [-0.25, -0.2) is 8.42 Å². The number of benzene rings is 3. The first-order valence-corrected chi connectivity index (χ1v) is 14.9. The zero-order valence-corrected chi connectivity index (χ0v) is 21.7. The molecule has 3 aromatic rings. The van der Waals surface area contributed by atoms with Gasteiger partial charge in [-0.1, -0.05) is 72.8 Å². The number of sulfonamides is 1. The number of hydrogen-bond donors (Lipinski definition) is 0. The van der Waals surface area contributed by atoms with Crippen LogP contribution >= 0.6 is 0 Å². The SMILES string of the molecule is O=S(=O)(c1ccccc1)N1CC[C@](CCN2C[C@H]3CC[C@@H]2Cc2ccccc2C3)(c2ccccc2)C1. The third kappa shape index (κ3) is 4.53. The van der Waals surface area contributed by atoms with Crippen molar-refractivity contribution in [2.75, 3.05) is 26.2 Å². The molecule has 0 radical (unpaired) electrons. The van der Waals surface area contributed by atoms with Crippen molar-refractivity contribution in [2.24, 2.45) is 5.92 Å². The smallest absolute Gasteiger partial charge is 0.243 e. The zero-order chi connectivity index (χ0) is 24.6. The Morgan fingerprint density at radius 2 is 1.47 bits per heavy atom. The Hall–Kier alpha value is -2.47. The monoisotopic (exact) mass is 500 g/mol. The first kappa shape index (κ1) is 23.9. The van der Waals surface area contributed by atoms with E-state index >= 15 is 0 Å². The van der Waals surface area contributed by atoms with Crippen molar-refractivity contribution >= 4 is 10.0 Å². The second-order valence-corrected chi connectivity index (χ2v) is 13.0. The summed E-state index contributed by atoms with van der Waals surface area (Å²) in [5.41, 5.74) is 4.20. The van der Waals surface area contributed by atoms with Crippen LogP contribution in [0.5, 0.6) is 0 Å². The molecular formula is C31H36N2O2S. The fourth-order valence-electron chi connectivity index (χ4n) is 6.89. The van der Waals surface area contributed by atoms with E-state index in [1.165, 1.54) is 30.4 Å². The van der Waals surface area contributed by atoms with E-state index in [4.69, 9.17) is 0 Å². The van der Waals surface area contributed by atoms with Crippen molar-refractivity contribution < 1.29 is 8.42 Å². The number of piperidine rings is 1. The molecule has 2 bridgehead atoms. The lowest BCUT2D eigenvalue weighted by molar-refractivity contribution is 0.0920. The molecule has 2 fully saturated rings. The van der Waals surface area contributed by atoms with Crippen molar-refractivity contribution in [1.82, 2.24) is 9.21 Å². The van der Waals surface area contributed by atoms with Crippen molar-refractivity contribution in [2.45, 2.75) is 54.9 Å². The molecule has 3 aromatic carbocycles. The quantitative estimate of drug-likeness (QED) is 0.462. The molecule has 188 valence electrons. The molecular weight excluding hydrogens is 464 g/mol. The van der Waals surface area contributed by atoms with Crippen molar-refractivity contribution in [3.05, 3.63) is 102 Å². The van der Waals surface area contributed by atoms with Gasteiger partial charge >= 0.3 is 0 Å². The number of nitrogens with zero attached hydrogens (tertiary/aromatic N) is 2. The van der Waals surface area contributed by atoms with Crippen LogP contribution in [0.1, 0.15) is 42.4 Å². The fraction of sp³-hybridized carbons (Fsp3) is 0.419. The summed E-state index contributed by atoms with van der Waals surface area (Å²) in [6, 6.07) is 29.2. The molecule has 0 saturated carbocycles. The minimum atomic E-state index is -3.49. The average Bonchev–Trinajstić information content (AvgIpc) is 3.35. The molecule has 36 heavy (non-hydrogen) atoms. The van der Waals surface area contributed by atoms with Gasteiger partial charge in [-0.2, -0.15) is 4.31 Å². The van der Waals surface area contributed by atoms with Crippen LogP contribution in [0.15, 0.2) is 89.8 Å². The predicted molar refractivity (Wildman–Crippen MR) is 144 cm³/mol. The second-order valence-electron chi connectivity index (χ2n) is 11.1. The summed E-state index contributed by atoms with van der Waals surface area (Å²) in [7, 11) is -3.49. The number of rotatable bonds is 6. The van der Waals surface area contributed by atoms with E-state index in [-0.39, 0.29) is 5.41 Å². The lowest BCUT2D eigenvalue weighted by Crippen LogP contribution is -2.48. The van der Waals surface area contributed by atoms with Crippen LogP contribution in [0, 0.1) is 5.92 Å². The van der Waals surface area contributed by atoms with Gasteiger partial charge in [0.25, 0.3) is 0 Å². The minimum Gasteiger partial charge on any atom is -0.300 e. The molecule has 4 nitrogen and oxygen atoms in total. The van der Waals surface area contributed by atoms with Crippen LogP contribution in [0.2, 0.25) is 0 Å². The molecule has 3 atom stereocenters. The van der Waals surface area contributed by atoms with Crippen LogP contribution in [-0.2, 0) is 28.3 Å². The highest BCUT2D eigenvalue weighted by molar-refractivity contribution is 7.89. The largest absolute Gasteiger partial charge is 0.300 e. The van der Waals surface area contributed by atoms with E-state index in [2.05, 4.69) is 59.5 Å². The highest BCUT2D eigenvalue weighted by Crippen LogP contribution is 2.41. The summed E-state index contributed by atoms with van der Waals surface area (Å²) in [5.74, 6) is 0.717. The van der Waals surface area contributed by atoms with Crippen LogP contribution in [-0.4, -0.2) is 49.8 Å². The van der Waals surface area contributed by atoms with Gasteiger partial charge in [0.15, 0.2) is 0 Å². The molecule has 2 saturated heterocycles. The molecule has 0 N–H and O–H groups in total. The van der Waals surface area contributed by atoms with Gasteiger partial charge < -0.3 is 0 Å². The third-order valence-corrected chi connectivity index (χ3v) is 10.8. The summed E-state index contributed by atoms with van der Waals surface area (Å²) in [6.45, 7) is 3.32. The summed E-state index contributed by atoms with van der Waals surface area (Å²) in [4.78, 5) is 3.14. The maximum Gasteiger partial charge on any atom is 0.243 e. The van der Waals surface area contributed by atoms with Gasteiger partial charge in [0, 0.05) is 31.1 Å². The summed E-state index contributed by atoms with van der Waals surface area (Å²) >= 11 is 0. The Bertz CT molecular complexity index is 1290. The molecule has 3 heterocycles. The van der Waals surface area contributed by atoms with Crippen LogP contribution in [0.4, 0.5) is 0 Å². The Balaban J connectivity index is 1.24. The number of fused-ring (bicyclic) bond motifs is 2. The lowest BCUT2D eigenvalue weighted by Gasteiger charge is -2.44. The summed E-state index contributed by atoms with van der Waals surface area (Å²) < 4.78 is 28.7. The first-order chi connectivity index (χ1) is 17.5. The molecule has 3 aliphatic heterocycles. The highest BCUT2D eigenvalue weighted by atomic mass is 32.2. The van der Waals surface area contributed by atoms with E-state index in [1.807, 2.05) is 18.2 Å². The standard InChI is InChI=1S/C31H36N2O2S/c34-36(35,30-13-5-2-6-14-30)33-20-18-31(24-33,28-11-3-1-4-12-28)17-19-32-23-25-15-16-29(32)22-27-10-8-7-9-26(27)21-25/h1-14,25,29H,15-24H2/t25-,29+,31-/m0/s1. The Morgan fingerprint density at radius 1 is 0.806 bits per heavy atom. The number of hydrogen-bond acceptors (Lipinski definition) is 3. The molecule has 4 aliphatic rings. The average molecular weight is 501 g/mol. The highest BCUT2D eigenvalue weighted by Gasteiger charge is 2.44. The first-order valence-electron chi connectivity index (χ1n) is 13.5. The summed E-state index contributed by atoms with van der Waals surface area (Å²) in [6.07, 6.45) is 6.77. The Morgan fingerprint density at radius 3 is 2.22 bits per heavy atom. The maximum atomic E-state index is 13.5. The Labute approximate surface area is 216 Å². The fourth-order valence-corrected chi connectivity index (χ4v) is 8.44. The Kier molecular flexibility index (Phi) is 6.49. The van der Waals surface area contributed by atoms with Crippen LogP contribution < -0.4 is 0 Å². The molecule has 1 aliphatic carbocycles. The molecule has 0 spiro atoms. The van der Waals surface area contributed by atoms with Gasteiger partial charge in [0.2, 0.25) is 10.0 Å². The molecule has 7 rings (SSSR count). The van der Waals surface area contributed by atoms with Crippen molar-refractivity contribution in [1.29, 1.82) is 0 Å². The van der Waals surface area contributed by atoms with E-state index in [0.29, 0.717) is 29.9 Å². The summed E-state index contributed by atoms with van der Waals surface area (Å²) in [5, 5.41) is 0. The molecule has 0 aromatic heterocycles. The van der Waals surface area contributed by atoms with Gasteiger partial charge in [0.05, 0.1) is 4.90 Å².